The second kappa shape index (κ2) is 6.27. The summed E-state index contributed by atoms with van der Waals surface area (Å²) in [6.45, 7) is 3.07. The Kier molecular flexibility index (Phi) is 3.97. The van der Waals surface area contributed by atoms with E-state index in [2.05, 4.69) is 27.0 Å². The third-order valence-electron chi connectivity index (χ3n) is 4.87. The van der Waals surface area contributed by atoms with E-state index in [0.717, 1.165) is 30.7 Å². The van der Waals surface area contributed by atoms with Gasteiger partial charge in [0.1, 0.15) is 12.3 Å². The molecule has 0 saturated carbocycles. The molecule has 4 heterocycles. The number of nitrogens with zero attached hydrogens (tertiary/aromatic N) is 3. The summed E-state index contributed by atoms with van der Waals surface area (Å²) in [4.78, 5) is 19.3. The van der Waals surface area contributed by atoms with Gasteiger partial charge in [-0.25, -0.2) is 4.98 Å². The van der Waals surface area contributed by atoms with Crippen LogP contribution in [0.15, 0.2) is 24.5 Å². The van der Waals surface area contributed by atoms with Crippen LogP contribution in [-0.2, 0) is 0 Å². The highest BCUT2D eigenvalue weighted by molar-refractivity contribution is 5.92. The van der Waals surface area contributed by atoms with Crippen molar-refractivity contribution in [3.63, 3.8) is 0 Å². The summed E-state index contributed by atoms with van der Waals surface area (Å²) in [6.07, 6.45) is 5.69. The maximum atomic E-state index is 12.6. The molecule has 6 heteroatoms. The molecule has 1 unspecified atom stereocenters. The molecule has 2 bridgehead atoms. The van der Waals surface area contributed by atoms with E-state index in [1.807, 2.05) is 16.5 Å². The first kappa shape index (κ1) is 15.2. The predicted octanol–water partition coefficient (Wildman–Crippen LogP) is 0.502. The van der Waals surface area contributed by atoms with Crippen molar-refractivity contribution in [3.8, 4) is 11.8 Å². The van der Waals surface area contributed by atoms with Crippen LogP contribution in [0.1, 0.15) is 29.0 Å². The number of hydrogen-bond acceptors (Lipinski definition) is 4. The third-order valence-corrected chi connectivity index (χ3v) is 4.87. The van der Waals surface area contributed by atoms with Crippen LogP contribution in [0, 0.1) is 17.8 Å². The summed E-state index contributed by atoms with van der Waals surface area (Å²) >= 11 is 0. The zero-order valence-corrected chi connectivity index (χ0v) is 13.4. The molecule has 0 aliphatic carbocycles. The normalized spacial score (nSPS) is 25.3. The monoisotopic (exact) mass is 324 g/mol. The quantitative estimate of drug-likeness (QED) is 0.790. The topological polar surface area (TPSA) is 69.9 Å². The molecule has 2 saturated heterocycles. The highest BCUT2D eigenvalue weighted by Gasteiger charge is 2.33. The Hall–Kier alpha value is -2.36. The second-order valence-corrected chi connectivity index (χ2v) is 6.57. The van der Waals surface area contributed by atoms with Crippen molar-refractivity contribution in [2.24, 2.45) is 5.92 Å². The van der Waals surface area contributed by atoms with Gasteiger partial charge in [0.2, 0.25) is 0 Å². The van der Waals surface area contributed by atoms with E-state index in [0.29, 0.717) is 11.6 Å². The van der Waals surface area contributed by atoms with Gasteiger partial charge in [0.05, 0.1) is 17.4 Å². The number of aliphatic hydroxyl groups excluding tert-OH is 1. The number of piperidine rings is 1. The fourth-order valence-electron chi connectivity index (χ4n) is 3.78. The van der Waals surface area contributed by atoms with Crippen molar-refractivity contribution in [2.75, 3.05) is 26.2 Å². The Bertz CT molecular complexity index is 820. The fraction of sp³-hybridized carbons (Fsp3) is 0.444. The molecule has 1 amide bonds. The van der Waals surface area contributed by atoms with Gasteiger partial charge in [-0.3, -0.25) is 4.79 Å². The molecule has 2 fully saturated rings. The maximum Gasteiger partial charge on any atom is 0.271 e. The van der Waals surface area contributed by atoms with E-state index in [4.69, 9.17) is 5.11 Å². The molecule has 0 radical (unpaired) electrons. The van der Waals surface area contributed by atoms with Gasteiger partial charge in [0.25, 0.3) is 5.91 Å². The van der Waals surface area contributed by atoms with Gasteiger partial charge in [0, 0.05) is 25.3 Å². The Labute approximate surface area is 140 Å². The summed E-state index contributed by atoms with van der Waals surface area (Å²) in [5.41, 5.74) is 1.99. The smallest absolute Gasteiger partial charge is 0.271 e. The lowest BCUT2D eigenvalue weighted by molar-refractivity contribution is 0.0904. The van der Waals surface area contributed by atoms with Gasteiger partial charge in [-0.05, 0) is 43.4 Å². The van der Waals surface area contributed by atoms with Crippen molar-refractivity contribution >= 4 is 11.4 Å². The number of carbonyl (C=O) groups is 1. The number of rotatable bonds is 2. The Morgan fingerprint density at radius 2 is 2.33 bits per heavy atom. The number of amides is 1. The number of carbonyl (C=O) groups excluding carboxylic acids is 1. The van der Waals surface area contributed by atoms with Crippen LogP contribution in [0.25, 0.3) is 5.52 Å². The van der Waals surface area contributed by atoms with Crippen molar-refractivity contribution in [2.45, 2.75) is 18.9 Å². The molecule has 2 aromatic heterocycles. The molecule has 0 spiro atoms. The average molecular weight is 324 g/mol. The third kappa shape index (κ3) is 2.88. The number of fused-ring (bicyclic) bond motifs is 3. The molecule has 2 N–H and O–H groups in total. The lowest BCUT2D eigenvalue weighted by Gasteiger charge is -2.30. The Balaban J connectivity index is 1.53. The van der Waals surface area contributed by atoms with Crippen LogP contribution in [-0.4, -0.2) is 57.6 Å². The molecule has 6 nitrogen and oxygen atoms in total. The van der Waals surface area contributed by atoms with E-state index < -0.39 is 0 Å². The van der Waals surface area contributed by atoms with Crippen molar-refractivity contribution in [3.05, 3.63) is 35.9 Å². The van der Waals surface area contributed by atoms with Gasteiger partial charge < -0.3 is 19.7 Å². The van der Waals surface area contributed by atoms with Crippen LogP contribution in [0.2, 0.25) is 0 Å². The molecule has 2 aliphatic rings. The first-order chi connectivity index (χ1) is 11.7. The highest BCUT2D eigenvalue weighted by Crippen LogP contribution is 2.26. The van der Waals surface area contributed by atoms with Gasteiger partial charge >= 0.3 is 0 Å². The largest absolute Gasteiger partial charge is 0.384 e. The lowest BCUT2D eigenvalue weighted by Crippen LogP contribution is -2.47. The van der Waals surface area contributed by atoms with Crippen LogP contribution in [0.4, 0.5) is 0 Å². The molecule has 2 aliphatic heterocycles. The summed E-state index contributed by atoms with van der Waals surface area (Å²) in [6, 6.07) is 3.95. The van der Waals surface area contributed by atoms with Crippen LogP contribution in [0.3, 0.4) is 0 Å². The number of hydrogen-bond donors (Lipinski definition) is 2. The average Bonchev–Trinajstić information content (AvgIpc) is 3.15. The van der Waals surface area contributed by atoms with Gasteiger partial charge in [-0.1, -0.05) is 5.92 Å². The molecule has 124 valence electrons. The van der Waals surface area contributed by atoms with Crippen molar-refractivity contribution in [1.82, 2.24) is 19.6 Å². The van der Waals surface area contributed by atoms with E-state index >= 15 is 0 Å². The molecule has 3 atom stereocenters. The van der Waals surface area contributed by atoms with E-state index in [9.17, 15) is 4.79 Å². The molecule has 2 aromatic rings. The molecule has 24 heavy (non-hydrogen) atoms. The minimum absolute atomic E-state index is 0.140. The van der Waals surface area contributed by atoms with Gasteiger partial charge in [-0.15, -0.1) is 0 Å². The Morgan fingerprint density at radius 1 is 1.42 bits per heavy atom. The first-order valence-corrected chi connectivity index (χ1v) is 8.33. The summed E-state index contributed by atoms with van der Waals surface area (Å²) < 4.78 is 1.83. The number of nitrogens with one attached hydrogen (secondary N) is 1. The van der Waals surface area contributed by atoms with E-state index in [1.54, 1.807) is 12.4 Å². The minimum atomic E-state index is -0.189. The fourth-order valence-corrected chi connectivity index (χ4v) is 3.78. The van der Waals surface area contributed by atoms with Crippen molar-refractivity contribution in [1.29, 1.82) is 0 Å². The predicted molar refractivity (Wildman–Crippen MR) is 89.6 cm³/mol. The number of aromatic nitrogens is 2. The zero-order valence-electron chi connectivity index (χ0n) is 13.4. The molecular formula is C18H20N4O2. The Morgan fingerprint density at radius 3 is 3.17 bits per heavy atom. The van der Waals surface area contributed by atoms with Gasteiger partial charge in [0.15, 0.2) is 0 Å². The summed E-state index contributed by atoms with van der Waals surface area (Å²) in [5.74, 6) is 6.09. The first-order valence-electron chi connectivity index (χ1n) is 8.33. The summed E-state index contributed by atoms with van der Waals surface area (Å²) in [7, 11) is 0. The van der Waals surface area contributed by atoms with E-state index in [-0.39, 0.29) is 18.6 Å². The van der Waals surface area contributed by atoms with Crippen molar-refractivity contribution < 1.29 is 9.90 Å². The highest BCUT2D eigenvalue weighted by atomic mass is 16.2. The second-order valence-electron chi connectivity index (χ2n) is 6.57. The van der Waals surface area contributed by atoms with Crippen LogP contribution in [0.5, 0.6) is 0 Å². The minimum Gasteiger partial charge on any atom is -0.384 e. The maximum absolute atomic E-state index is 12.6. The van der Waals surface area contributed by atoms with E-state index in [1.165, 1.54) is 13.0 Å². The standard InChI is InChI=1S/C18H20N4O2/c23-7-1-2-15-3-4-16-9-19-17(12-22(15)16)18(24)20-14-8-13-5-6-21(10-13)11-14/h3-4,9,12-14,23H,5-8,10-11H2,(H,20,24)/t13-,14-/m1/s1. The van der Waals surface area contributed by atoms with Crippen LogP contribution >= 0.6 is 0 Å². The SMILES string of the molecule is O=C(N[C@@H]1C[C@H]2CCN(C2)C1)c1cn2c(C#CCO)ccc2cn1. The lowest BCUT2D eigenvalue weighted by atomic mass is 9.97. The molecular weight excluding hydrogens is 304 g/mol. The molecule has 4 rings (SSSR count). The van der Waals surface area contributed by atoms with Crippen LogP contribution < -0.4 is 5.32 Å². The molecule has 0 aromatic carbocycles. The number of aliphatic hydroxyl groups is 1. The summed E-state index contributed by atoms with van der Waals surface area (Å²) in [5, 5.41) is 12.0. The zero-order chi connectivity index (χ0) is 16.5. The van der Waals surface area contributed by atoms with Gasteiger partial charge in [-0.2, -0.15) is 0 Å².